The van der Waals surface area contributed by atoms with Crippen molar-refractivity contribution in [2.24, 2.45) is 0 Å². The van der Waals surface area contributed by atoms with Crippen LogP contribution in [0.15, 0.2) is 97.1 Å². The van der Waals surface area contributed by atoms with E-state index in [1.54, 1.807) is 18.2 Å². The molecule has 0 unspecified atom stereocenters. The van der Waals surface area contributed by atoms with Crippen molar-refractivity contribution in [1.82, 2.24) is 0 Å². The van der Waals surface area contributed by atoms with Crippen LogP contribution in [0, 0.1) is 0 Å². The first-order valence-electron chi connectivity index (χ1n) is 9.73. The molecule has 4 aromatic carbocycles. The summed E-state index contributed by atoms with van der Waals surface area (Å²) in [5.74, 6) is 0.511. The summed E-state index contributed by atoms with van der Waals surface area (Å²) in [6.07, 6.45) is 0. The predicted octanol–water partition coefficient (Wildman–Crippen LogP) is 7.11. The minimum atomic E-state index is -0.291. The number of para-hydroxylation sites is 1. The van der Waals surface area contributed by atoms with Gasteiger partial charge in [-0.15, -0.1) is 0 Å². The van der Waals surface area contributed by atoms with E-state index in [4.69, 9.17) is 27.9 Å². The topological polar surface area (TPSA) is 38.3 Å². The molecule has 0 aromatic heterocycles. The van der Waals surface area contributed by atoms with Crippen LogP contribution in [0.3, 0.4) is 0 Å². The number of nitrogens with one attached hydrogen (secondary N) is 1. The first-order chi connectivity index (χ1) is 15.1. The minimum absolute atomic E-state index is 0. The van der Waals surface area contributed by atoms with E-state index >= 15 is 0 Å². The molecule has 4 rings (SSSR count). The number of hydrogen-bond donors (Lipinski definition) is 1. The molecule has 1 N–H and O–H groups in total. The minimum Gasteiger partial charge on any atom is -0.488 e. The average Bonchev–Trinajstić information content (AvgIpc) is 2.79. The maximum atomic E-state index is 12.5. The fraction of sp³-hybridized carbons (Fsp3) is 0.0385. The molecular formula is C26H19Cl2LiNO2. The van der Waals surface area contributed by atoms with Gasteiger partial charge in [-0.05, 0) is 47.5 Å². The van der Waals surface area contributed by atoms with Crippen LogP contribution in [0.2, 0.25) is 10.0 Å². The molecule has 0 heterocycles. The van der Waals surface area contributed by atoms with Crippen molar-refractivity contribution in [1.29, 1.82) is 0 Å². The summed E-state index contributed by atoms with van der Waals surface area (Å²) in [7, 11) is 0. The fourth-order valence-electron chi connectivity index (χ4n) is 3.17. The molecule has 0 saturated heterocycles. The SMILES string of the molecule is O=C(Nc1ccc(-c2ccccc2OCc2ccccc2)cc1)c1ccc(Cl)cc1Cl.[Li]. The molecule has 155 valence electrons. The van der Waals surface area contributed by atoms with Crippen molar-refractivity contribution in [2.75, 3.05) is 5.32 Å². The Labute approximate surface area is 209 Å². The molecule has 0 aliphatic carbocycles. The van der Waals surface area contributed by atoms with Crippen LogP contribution in [0.5, 0.6) is 5.75 Å². The monoisotopic (exact) mass is 454 g/mol. The number of carbonyl (C=O) groups excluding carboxylic acids is 1. The molecule has 0 aliphatic heterocycles. The van der Waals surface area contributed by atoms with Gasteiger partial charge in [-0.1, -0.05) is 83.9 Å². The Morgan fingerprint density at radius 1 is 0.812 bits per heavy atom. The van der Waals surface area contributed by atoms with Crippen LogP contribution in [0.25, 0.3) is 11.1 Å². The van der Waals surface area contributed by atoms with Gasteiger partial charge in [0, 0.05) is 35.1 Å². The molecule has 1 amide bonds. The van der Waals surface area contributed by atoms with E-state index in [2.05, 4.69) is 5.32 Å². The molecule has 0 bridgehead atoms. The third-order valence-electron chi connectivity index (χ3n) is 4.75. The average molecular weight is 455 g/mol. The molecule has 0 atom stereocenters. The van der Waals surface area contributed by atoms with E-state index in [9.17, 15) is 4.79 Å². The molecular weight excluding hydrogens is 436 g/mol. The Morgan fingerprint density at radius 3 is 2.22 bits per heavy atom. The van der Waals surface area contributed by atoms with Gasteiger partial charge < -0.3 is 10.1 Å². The summed E-state index contributed by atoms with van der Waals surface area (Å²) in [5.41, 5.74) is 4.12. The second-order valence-corrected chi connectivity index (χ2v) is 7.77. The first kappa shape index (κ1) is 24.0. The van der Waals surface area contributed by atoms with Crippen LogP contribution in [0.1, 0.15) is 15.9 Å². The molecule has 0 fully saturated rings. The van der Waals surface area contributed by atoms with Gasteiger partial charge in [-0.2, -0.15) is 0 Å². The van der Waals surface area contributed by atoms with Crippen LogP contribution in [0.4, 0.5) is 5.69 Å². The van der Waals surface area contributed by atoms with E-state index in [1.807, 2.05) is 78.9 Å². The van der Waals surface area contributed by atoms with Crippen LogP contribution >= 0.6 is 23.2 Å². The second kappa shape index (κ2) is 11.3. The number of amides is 1. The van der Waals surface area contributed by atoms with E-state index in [1.165, 1.54) is 0 Å². The van der Waals surface area contributed by atoms with Gasteiger partial charge in [-0.25, -0.2) is 0 Å². The predicted molar refractivity (Wildman–Crippen MR) is 133 cm³/mol. The molecule has 3 nitrogen and oxygen atoms in total. The molecule has 1 radical (unpaired) electrons. The van der Waals surface area contributed by atoms with E-state index in [0.717, 1.165) is 22.4 Å². The summed E-state index contributed by atoms with van der Waals surface area (Å²) >= 11 is 12.0. The normalized spacial score (nSPS) is 10.2. The number of rotatable bonds is 6. The van der Waals surface area contributed by atoms with Crippen molar-refractivity contribution in [3.05, 3.63) is 118 Å². The standard InChI is InChI=1S/C26H19Cl2NO2.Li/c27-20-12-15-23(24(28)16-20)26(30)29-21-13-10-19(11-14-21)22-8-4-5-9-25(22)31-17-18-6-2-1-3-7-18;/h1-16H,17H2,(H,29,30);. The summed E-state index contributed by atoms with van der Waals surface area (Å²) in [6, 6.07) is 30.3. The third-order valence-corrected chi connectivity index (χ3v) is 5.30. The van der Waals surface area contributed by atoms with Crippen molar-refractivity contribution < 1.29 is 9.53 Å². The van der Waals surface area contributed by atoms with E-state index in [0.29, 0.717) is 27.9 Å². The Bertz CT molecular complexity index is 1200. The zero-order valence-corrected chi connectivity index (χ0v) is 19.0. The van der Waals surface area contributed by atoms with Gasteiger partial charge in [0.05, 0.1) is 10.6 Å². The second-order valence-electron chi connectivity index (χ2n) is 6.93. The first-order valence-corrected chi connectivity index (χ1v) is 10.5. The van der Waals surface area contributed by atoms with Gasteiger partial charge in [0.25, 0.3) is 5.91 Å². The molecule has 6 heteroatoms. The van der Waals surface area contributed by atoms with Crippen molar-refractivity contribution in [3.8, 4) is 16.9 Å². The van der Waals surface area contributed by atoms with Gasteiger partial charge in [-0.3, -0.25) is 4.79 Å². The summed E-state index contributed by atoms with van der Waals surface area (Å²) in [4.78, 5) is 12.5. The maximum Gasteiger partial charge on any atom is 0.257 e. The van der Waals surface area contributed by atoms with Crippen molar-refractivity contribution >= 4 is 53.7 Å². The number of hydrogen-bond acceptors (Lipinski definition) is 2. The summed E-state index contributed by atoms with van der Waals surface area (Å²) in [6.45, 7) is 0.494. The zero-order chi connectivity index (χ0) is 21.6. The Morgan fingerprint density at radius 2 is 1.50 bits per heavy atom. The number of ether oxygens (including phenoxy) is 1. The smallest absolute Gasteiger partial charge is 0.257 e. The number of halogens is 2. The number of carbonyl (C=O) groups is 1. The Hall–Kier alpha value is -2.67. The Balaban J connectivity index is 0.00000289. The summed E-state index contributed by atoms with van der Waals surface area (Å²) < 4.78 is 6.06. The maximum absolute atomic E-state index is 12.5. The fourth-order valence-corrected chi connectivity index (χ4v) is 3.67. The summed E-state index contributed by atoms with van der Waals surface area (Å²) in [5, 5.41) is 3.66. The molecule has 4 aromatic rings. The van der Waals surface area contributed by atoms with Crippen LogP contribution in [-0.2, 0) is 6.61 Å². The number of benzene rings is 4. The molecule has 0 spiro atoms. The zero-order valence-electron chi connectivity index (χ0n) is 17.5. The van der Waals surface area contributed by atoms with Gasteiger partial charge in [0.1, 0.15) is 12.4 Å². The van der Waals surface area contributed by atoms with Crippen LogP contribution in [-0.4, -0.2) is 24.8 Å². The largest absolute Gasteiger partial charge is 0.488 e. The van der Waals surface area contributed by atoms with Crippen molar-refractivity contribution in [3.63, 3.8) is 0 Å². The molecule has 32 heavy (non-hydrogen) atoms. The van der Waals surface area contributed by atoms with Crippen LogP contribution < -0.4 is 10.1 Å². The van der Waals surface area contributed by atoms with Gasteiger partial charge >= 0.3 is 0 Å². The van der Waals surface area contributed by atoms with E-state index < -0.39 is 0 Å². The quantitative estimate of drug-likeness (QED) is 0.315. The Kier molecular flexibility index (Phi) is 8.44. The van der Waals surface area contributed by atoms with E-state index in [-0.39, 0.29) is 24.8 Å². The molecule has 0 aliphatic rings. The van der Waals surface area contributed by atoms with Crippen molar-refractivity contribution in [2.45, 2.75) is 6.61 Å². The molecule has 0 saturated carbocycles. The third kappa shape index (κ3) is 5.97. The van der Waals surface area contributed by atoms with Gasteiger partial charge in [0.2, 0.25) is 0 Å². The van der Waals surface area contributed by atoms with Gasteiger partial charge in [0.15, 0.2) is 0 Å². The number of anilines is 1.